The smallest absolute Gasteiger partial charge is 0.265 e. The van der Waals surface area contributed by atoms with Crippen molar-refractivity contribution in [2.75, 3.05) is 22.8 Å². The van der Waals surface area contributed by atoms with Crippen LogP contribution in [-0.2, 0) is 14.8 Å². The highest BCUT2D eigenvalue weighted by molar-refractivity contribution is 7.93. The second-order valence-corrected chi connectivity index (χ2v) is 8.68. The molecule has 0 aliphatic carbocycles. The molecule has 0 radical (unpaired) electrons. The zero-order valence-electron chi connectivity index (χ0n) is 16.4. The number of carbonyl (C=O) groups is 1. The number of hydrogen-bond acceptors (Lipinski definition) is 4. The monoisotopic (exact) mass is 438 g/mol. The molecule has 0 atom stereocenters. The number of halogens is 1. The van der Waals surface area contributed by atoms with Crippen molar-refractivity contribution in [3.63, 3.8) is 0 Å². The third-order valence-electron chi connectivity index (χ3n) is 4.75. The van der Waals surface area contributed by atoms with Crippen LogP contribution in [0.1, 0.15) is 0 Å². The van der Waals surface area contributed by atoms with E-state index in [0.29, 0.717) is 29.2 Å². The Labute approximate surface area is 179 Å². The number of fused-ring (bicyclic) bond motifs is 3. The predicted molar refractivity (Wildman–Crippen MR) is 117 cm³/mol. The maximum absolute atomic E-state index is 13.9. The number of sulfonamides is 1. The van der Waals surface area contributed by atoms with Gasteiger partial charge in [0.05, 0.1) is 10.6 Å². The number of benzene rings is 3. The minimum absolute atomic E-state index is 0.0284. The number of anilines is 2. The third kappa shape index (κ3) is 4.02. The van der Waals surface area contributed by atoms with Crippen LogP contribution in [0.5, 0.6) is 5.75 Å². The Morgan fingerprint density at radius 3 is 2.68 bits per heavy atom. The first-order chi connectivity index (χ1) is 14.9. The van der Waals surface area contributed by atoms with E-state index in [9.17, 15) is 17.6 Å². The Morgan fingerprint density at radius 2 is 1.87 bits per heavy atom. The summed E-state index contributed by atoms with van der Waals surface area (Å²) in [5.74, 6) is -0.495. The summed E-state index contributed by atoms with van der Waals surface area (Å²) in [6.07, 6.45) is 1.60. The summed E-state index contributed by atoms with van der Waals surface area (Å²) in [4.78, 5) is 12.8. The number of ether oxygens (including phenoxy) is 1. The van der Waals surface area contributed by atoms with Gasteiger partial charge in [0.25, 0.3) is 10.0 Å². The van der Waals surface area contributed by atoms with Gasteiger partial charge in [-0.2, -0.15) is 0 Å². The van der Waals surface area contributed by atoms with Gasteiger partial charge in [-0.05, 0) is 36.4 Å². The van der Waals surface area contributed by atoms with Crippen LogP contribution in [0.3, 0.4) is 0 Å². The molecule has 0 saturated carbocycles. The largest absolute Gasteiger partial charge is 0.489 e. The molecule has 1 amide bonds. The van der Waals surface area contributed by atoms with Gasteiger partial charge < -0.3 is 10.1 Å². The van der Waals surface area contributed by atoms with Crippen molar-refractivity contribution in [2.45, 2.75) is 4.90 Å². The average Bonchev–Trinajstić information content (AvgIpc) is 2.76. The number of hydrogen-bond donors (Lipinski definition) is 1. The maximum atomic E-state index is 13.9. The summed E-state index contributed by atoms with van der Waals surface area (Å²) in [6.45, 7) is 3.43. The highest BCUT2D eigenvalue weighted by atomic mass is 32.2. The fourth-order valence-electron chi connectivity index (χ4n) is 3.42. The van der Waals surface area contributed by atoms with Crippen molar-refractivity contribution in [3.05, 3.63) is 85.2 Å². The molecule has 1 N–H and O–H groups in total. The molecule has 0 fully saturated rings. The minimum atomic E-state index is -4.00. The molecule has 3 aromatic carbocycles. The molecule has 31 heavy (non-hydrogen) atoms. The summed E-state index contributed by atoms with van der Waals surface area (Å²) in [6, 6.07) is 16.9. The molecule has 0 bridgehead atoms. The highest BCUT2D eigenvalue weighted by Crippen LogP contribution is 2.43. The van der Waals surface area contributed by atoms with E-state index in [1.165, 1.54) is 24.3 Å². The van der Waals surface area contributed by atoms with Gasteiger partial charge >= 0.3 is 0 Å². The lowest BCUT2D eigenvalue weighted by molar-refractivity contribution is -0.114. The van der Waals surface area contributed by atoms with E-state index in [1.54, 1.807) is 48.5 Å². The summed E-state index contributed by atoms with van der Waals surface area (Å²) in [5, 5.41) is 2.69. The fraction of sp³-hybridized carbons (Fsp3) is 0.0870. The van der Waals surface area contributed by atoms with Crippen molar-refractivity contribution in [2.24, 2.45) is 0 Å². The predicted octanol–water partition coefficient (Wildman–Crippen LogP) is 4.20. The van der Waals surface area contributed by atoms with Crippen LogP contribution < -0.4 is 14.4 Å². The van der Waals surface area contributed by atoms with Crippen LogP contribution in [0.25, 0.3) is 11.1 Å². The van der Waals surface area contributed by atoms with E-state index in [-0.39, 0.29) is 10.6 Å². The van der Waals surface area contributed by atoms with Crippen molar-refractivity contribution >= 4 is 27.3 Å². The Hall–Kier alpha value is -3.65. The number of amides is 1. The third-order valence-corrected chi connectivity index (χ3v) is 6.56. The molecule has 6 nitrogen and oxygen atoms in total. The standard InChI is InChI=1S/C23H19FN2O4S/c1-2-12-30-18-7-5-6-17(14-18)25-23(27)15-26-21-11-10-16(24)13-20(21)19-8-3-4-9-22(19)31(26,28)29/h2-11,13-14H,1,12,15H2,(H,25,27). The van der Waals surface area contributed by atoms with Crippen molar-refractivity contribution in [1.29, 1.82) is 0 Å². The lowest BCUT2D eigenvalue weighted by Crippen LogP contribution is -2.40. The summed E-state index contributed by atoms with van der Waals surface area (Å²) < 4.78 is 46.8. The molecule has 0 spiro atoms. The molecule has 8 heteroatoms. The molecular weight excluding hydrogens is 419 g/mol. The molecule has 1 aliphatic heterocycles. The van der Waals surface area contributed by atoms with Crippen molar-refractivity contribution in [3.8, 4) is 16.9 Å². The van der Waals surface area contributed by atoms with Crippen LogP contribution in [0.2, 0.25) is 0 Å². The molecule has 3 aromatic rings. The summed E-state index contributed by atoms with van der Waals surface area (Å²) in [7, 11) is -4.00. The summed E-state index contributed by atoms with van der Waals surface area (Å²) in [5.41, 5.74) is 1.53. The molecule has 0 aromatic heterocycles. The lowest BCUT2D eigenvalue weighted by atomic mass is 10.0. The maximum Gasteiger partial charge on any atom is 0.265 e. The van der Waals surface area contributed by atoms with Gasteiger partial charge in [0, 0.05) is 22.9 Å². The van der Waals surface area contributed by atoms with Gasteiger partial charge in [0.15, 0.2) is 0 Å². The number of carbonyl (C=O) groups excluding carboxylic acids is 1. The second kappa shape index (κ2) is 8.23. The number of nitrogens with one attached hydrogen (secondary N) is 1. The Balaban J connectivity index is 1.64. The molecular formula is C23H19FN2O4S. The van der Waals surface area contributed by atoms with Gasteiger partial charge in [-0.15, -0.1) is 0 Å². The minimum Gasteiger partial charge on any atom is -0.489 e. The molecule has 1 aliphatic rings. The molecule has 4 rings (SSSR count). The van der Waals surface area contributed by atoms with Crippen LogP contribution in [0.15, 0.2) is 84.3 Å². The van der Waals surface area contributed by atoms with E-state index in [0.717, 1.165) is 4.31 Å². The Bertz CT molecular complexity index is 1270. The first-order valence-corrected chi connectivity index (χ1v) is 10.9. The van der Waals surface area contributed by atoms with E-state index in [1.807, 2.05) is 0 Å². The fourth-order valence-corrected chi connectivity index (χ4v) is 5.07. The van der Waals surface area contributed by atoms with Gasteiger partial charge in [-0.1, -0.05) is 36.9 Å². The van der Waals surface area contributed by atoms with Crippen LogP contribution in [0, 0.1) is 5.82 Å². The van der Waals surface area contributed by atoms with Gasteiger partial charge in [-0.3, -0.25) is 9.10 Å². The van der Waals surface area contributed by atoms with Gasteiger partial charge in [0.2, 0.25) is 5.91 Å². The van der Waals surface area contributed by atoms with Crippen LogP contribution in [0.4, 0.5) is 15.8 Å². The van der Waals surface area contributed by atoms with Crippen molar-refractivity contribution in [1.82, 2.24) is 0 Å². The number of nitrogens with zero attached hydrogens (tertiary/aromatic N) is 1. The number of rotatable bonds is 6. The first-order valence-electron chi connectivity index (χ1n) is 9.45. The van der Waals surface area contributed by atoms with E-state index in [4.69, 9.17) is 4.74 Å². The highest BCUT2D eigenvalue weighted by Gasteiger charge is 2.36. The zero-order valence-corrected chi connectivity index (χ0v) is 17.2. The van der Waals surface area contributed by atoms with E-state index >= 15 is 0 Å². The molecule has 158 valence electrons. The van der Waals surface area contributed by atoms with Crippen LogP contribution in [-0.4, -0.2) is 27.5 Å². The normalized spacial score (nSPS) is 13.6. The first kappa shape index (κ1) is 20.6. The van der Waals surface area contributed by atoms with Crippen LogP contribution >= 0.6 is 0 Å². The topological polar surface area (TPSA) is 75.7 Å². The van der Waals surface area contributed by atoms with E-state index in [2.05, 4.69) is 11.9 Å². The Morgan fingerprint density at radius 1 is 1.06 bits per heavy atom. The zero-order chi connectivity index (χ0) is 22.0. The van der Waals surface area contributed by atoms with Gasteiger partial charge in [0.1, 0.15) is 24.7 Å². The Kier molecular flexibility index (Phi) is 5.48. The van der Waals surface area contributed by atoms with E-state index < -0.39 is 28.3 Å². The average molecular weight is 438 g/mol. The van der Waals surface area contributed by atoms with Crippen molar-refractivity contribution < 1.29 is 22.3 Å². The summed E-state index contributed by atoms with van der Waals surface area (Å²) >= 11 is 0. The lowest BCUT2D eigenvalue weighted by Gasteiger charge is -2.31. The quantitative estimate of drug-likeness (QED) is 0.585. The molecule has 0 saturated heterocycles. The molecule has 0 unspecified atom stereocenters. The second-order valence-electron chi connectivity index (χ2n) is 6.84. The SMILES string of the molecule is C=CCOc1cccc(NC(=O)CN2c3ccc(F)cc3-c3ccccc3S2(=O)=O)c1. The van der Waals surface area contributed by atoms with Gasteiger partial charge in [-0.25, -0.2) is 12.8 Å². The molecule has 1 heterocycles.